The molecule has 1 N–H and O–H groups in total. The van der Waals surface area contributed by atoms with Gasteiger partial charge in [0.2, 0.25) is 11.8 Å². The fourth-order valence-corrected chi connectivity index (χ4v) is 3.33. The Balaban J connectivity index is 2.26. The van der Waals surface area contributed by atoms with Gasteiger partial charge in [-0.1, -0.05) is 27.7 Å². The van der Waals surface area contributed by atoms with E-state index >= 15 is 0 Å². The Kier molecular flexibility index (Phi) is 7.13. The zero-order valence-corrected chi connectivity index (χ0v) is 18.6. The Morgan fingerprint density at radius 1 is 1.21 bits per heavy atom. The Morgan fingerprint density at radius 3 is 2.36 bits per heavy atom. The third-order valence-corrected chi connectivity index (χ3v) is 5.21. The van der Waals surface area contributed by atoms with Gasteiger partial charge < -0.3 is 15.1 Å². The van der Waals surface area contributed by atoms with Crippen LogP contribution in [0.3, 0.4) is 0 Å². The highest BCUT2D eigenvalue weighted by Crippen LogP contribution is 2.34. The van der Waals surface area contributed by atoms with Crippen molar-refractivity contribution < 1.29 is 9.59 Å². The summed E-state index contributed by atoms with van der Waals surface area (Å²) in [5, 5.41) is 3.02. The molecule has 0 radical (unpaired) electrons. The molecule has 0 aliphatic heterocycles. The number of nitrogens with one attached hydrogen (secondary N) is 1. The predicted molar refractivity (Wildman–Crippen MR) is 116 cm³/mol. The van der Waals surface area contributed by atoms with Gasteiger partial charge in [0.1, 0.15) is 0 Å². The number of rotatable bonds is 8. The topological polar surface area (TPSA) is 52.7 Å². The summed E-state index contributed by atoms with van der Waals surface area (Å²) in [5.74, 6) is 0.483. The van der Waals surface area contributed by atoms with E-state index < -0.39 is 0 Å². The van der Waals surface area contributed by atoms with Crippen LogP contribution in [0.1, 0.15) is 65.9 Å². The number of carbonyl (C=O) groups excluding carboxylic acids is 2. The highest BCUT2D eigenvalue weighted by Gasteiger charge is 2.35. The second-order valence-electron chi connectivity index (χ2n) is 9.52. The van der Waals surface area contributed by atoms with Crippen molar-refractivity contribution >= 4 is 23.2 Å². The van der Waals surface area contributed by atoms with E-state index in [1.165, 1.54) is 0 Å². The van der Waals surface area contributed by atoms with Gasteiger partial charge in [-0.3, -0.25) is 9.59 Å². The molecule has 0 saturated heterocycles. The van der Waals surface area contributed by atoms with Crippen LogP contribution in [0.2, 0.25) is 0 Å². The van der Waals surface area contributed by atoms with Crippen molar-refractivity contribution in [3.8, 4) is 0 Å². The van der Waals surface area contributed by atoms with Crippen LogP contribution in [-0.2, 0) is 16.1 Å². The van der Waals surface area contributed by atoms with Gasteiger partial charge in [-0.2, -0.15) is 0 Å². The predicted octanol–water partition coefficient (Wildman–Crippen LogP) is 4.66. The molecule has 0 aromatic heterocycles. The molecule has 0 spiro atoms. The van der Waals surface area contributed by atoms with Crippen molar-refractivity contribution in [2.75, 3.05) is 24.3 Å². The van der Waals surface area contributed by atoms with Crippen molar-refractivity contribution in [1.29, 1.82) is 0 Å². The summed E-state index contributed by atoms with van der Waals surface area (Å²) in [6, 6.07) is 6.18. The summed E-state index contributed by atoms with van der Waals surface area (Å²) >= 11 is 0. The Morgan fingerprint density at radius 2 is 1.86 bits per heavy atom. The molecule has 1 aliphatic rings. The molecular weight excluding hydrogens is 350 g/mol. The van der Waals surface area contributed by atoms with Crippen LogP contribution in [0.4, 0.5) is 11.4 Å². The van der Waals surface area contributed by atoms with Gasteiger partial charge in [0, 0.05) is 50.4 Å². The maximum Gasteiger partial charge on any atom is 0.226 e. The monoisotopic (exact) mass is 387 g/mol. The summed E-state index contributed by atoms with van der Waals surface area (Å²) in [6.07, 6.45) is 3.42. The third-order valence-electron chi connectivity index (χ3n) is 5.21. The molecular formula is C23H37N3O2. The lowest BCUT2D eigenvalue weighted by Crippen LogP contribution is -2.39. The fraction of sp³-hybridized carbons (Fsp3) is 0.652. The third kappa shape index (κ3) is 6.25. The smallest absolute Gasteiger partial charge is 0.226 e. The van der Waals surface area contributed by atoms with Crippen molar-refractivity contribution in [2.45, 2.75) is 72.9 Å². The van der Waals surface area contributed by atoms with Crippen LogP contribution in [0.15, 0.2) is 18.2 Å². The first kappa shape index (κ1) is 22.3. The van der Waals surface area contributed by atoms with Crippen molar-refractivity contribution in [3.63, 3.8) is 0 Å². The quantitative estimate of drug-likeness (QED) is 0.705. The molecule has 1 aromatic rings. The minimum absolute atomic E-state index is 0.0175. The minimum Gasteiger partial charge on any atom is -0.377 e. The molecule has 2 rings (SSSR count). The second kappa shape index (κ2) is 8.97. The van der Waals surface area contributed by atoms with Crippen LogP contribution in [0, 0.1) is 11.3 Å². The zero-order valence-electron chi connectivity index (χ0n) is 18.6. The molecule has 1 unspecified atom stereocenters. The molecule has 2 amide bonds. The van der Waals surface area contributed by atoms with Crippen LogP contribution >= 0.6 is 0 Å². The maximum absolute atomic E-state index is 12.9. The van der Waals surface area contributed by atoms with Crippen molar-refractivity contribution in [2.24, 2.45) is 11.3 Å². The molecule has 0 heterocycles. The van der Waals surface area contributed by atoms with E-state index in [0.717, 1.165) is 36.2 Å². The number of hydrogen-bond acceptors (Lipinski definition) is 3. The Bertz CT molecular complexity index is 702. The largest absolute Gasteiger partial charge is 0.377 e. The van der Waals surface area contributed by atoms with E-state index in [2.05, 4.69) is 44.8 Å². The minimum atomic E-state index is -0.0550. The second-order valence-corrected chi connectivity index (χ2v) is 9.52. The maximum atomic E-state index is 12.9. The first-order valence-electron chi connectivity index (χ1n) is 10.4. The molecule has 28 heavy (non-hydrogen) atoms. The number of hydrogen-bond donors (Lipinski definition) is 1. The number of amides is 2. The Labute approximate surface area is 170 Å². The lowest BCUT2D eigenvalue weighted by atomic mass is 9.92. The lowest BCUT2D eigenvalue weighted by molar-refractivity contribution is -0.135. The number of anilines is 2. The van der Waals surface area contributed by atoms with Gasteiger partial charge in [-0.25, -0.2) is 0 Å². The molecule has 1 aliphatic carbocycles. The molecule has 1 fully saturated rings. The van der Waals surface area contributed by atoms with E-state index in [1.54, 1.807) is 0 Å². The normalized spacial score (nSPS) is 15.1. The molecule has 5 heteroatoms. The summed E-state index contributed by atoms with van der Waals surface area (Å²) in [7, 11) is 4.01. The average molecular weight is 388 g/mol. The van der Waals surface area contributed by atoms with Crippen LogP contribution < -0.4 is 10.2 Å². The lowest BCUT2D eigenvalue weighted by Gasteiger charge is -2.31. The van der Waals surface area contributed by atoms with Crippen molar-refractivity contribution in [3.05, 3.63) is 23.8 Å². The number of nitrogens with zero attached hydrogens (tertiary/aromatic N) is 2. The van der Waals surface area contributed by atoms with Crippen LogP contribution in [0.25, 0.3) is 0 Å². The molecule has 1 aromatic carbocycles. The van der Waals surface area contributed by atoms with Gasteiger partial charge in [0.15, 0.2) is 0 Å². The molecule has 5 nitrogen and oxygen atoms in total. The standard InChI is InChI=1S/C23H37N3O2/c1-8-16(2)26(22(28)17-9-10-17)15-18-13-19(11-12-20(18)25(6)7)24-21(27)14-23(3,4)5/h11-13,16-17H,8-10,14-15H2,1-7H3,(H,24,27). The van der Waals surface area contributed by atoms with Crippen LogP contribution in [-0.4, -0.2) is 36.9 Å². The van der Waals surface area contributed by atoms with Gasteiger partial charge in [-0.05, 0) is 55.4 Å². The Hall–Kier alpha value is -2.04. The summed E-state index contributed by atoms with van der Waals surface area (Å²) < 4.78 is 0. The van der Waals surface area contributed by atoms with Gasteiger partial charge in [-0.15, -0.1) is 0 Å². The number of carbonyl (C=O) groups is 2. The fourth-order valence-electron chi connectivity index (χ4n) is 3.33. The average Bonchev–Trinajstić information content (AvgIpc) is 3.41. The van der Waals surface area contributed by atoms with Gasteiger partial charge in [0.05, 0.1) is 0 Å². The summed E-state index contributed by atoms with van der Waals surface area (Å²) in [4.78, 5) is 29.3. The van der Waals surface area contributed by atoms with E-state index in [9.17, 15) is 9.59 Å². The summed E-state index contributed by atoms with van der Waals surface area (Å²) in [6.45, 7) is 11.0. The zero-order chi connectivity index (χ0) is 21.1. The molecule has 156 valence electrons. The SMILES string of the molecule is CCC(C)N(Cc1cc(NC(=O)CC(C)(C)C)ccc1N(C)C)C(=O)C1CC1. The molecule has 0 bridgehead atoms. The van der Waals surface area contributed by atoms with E-state index in [-0.39, 0.29) is 29.2 Å². The van der Waals surface area contributed by atoms with Gasteiger partial charge >= 0.3 is 0 Å². The first-order chi connectivity index (χ1) is 13.0. The van der Waals surface area contributed by atoms with Crippen LogP contribution in [0.5, 0.6) is 0 Å². The van der Waals surface area contributed by atoms with Gasteiger partial charge in [0.25, 0.3) is 0 Å². The molecule has 1 atom stereocenters. The highest BCUT2D eigenvalue weighted by atomic mass is 16.2. The van der Waals surface area contributed by atoms with E-state index in [0.29, 0.717) is 13.0 Å². The van der Waals surface area contributed by atoms with Crippen molar-refractivity contribution in [1.82, 2.24) is 4.90 Å². The highest BCUT2D eigenvalue weighted by molar-refractivity contribution is 5.91. The number of benzene rings is 1. The summed E-state index contributed by atoms with van der Waals surface area (Å²) in [5.41, 5.74) is 2.87. The van der Waals surface area contributed by atoms with E-state index in [1.807, 2.05) is 37.2 Å². The molecule has 1 saturated carbocycles. The van der Waals surface area contributed by atoms with E-state index in [4.69, 9.17) is 0 Å². The first-order valence-corrected chi connectivity index (χ1v) is 10.4.